The fourth-order valence-corrected chi connectivity index (χ4v) is 4.38. The molecule has 2 aromatic rings. The summed E-state index contributed by atoms with van der Waals surface area (Å²) < 4.78 is 23.2. The van der Waals surface area contributed by atoms with Crippen LogP contribution in [0.2, 0.25) is 5.02 Å². The summed E-state index contributed by atoms with van der Waals surface area (Å²) in [6.45, 7) is 9.08. The first-order chi connectivity index (χ1) is 15.0. The average Bonchev–Trinajstić information content (AvgIpc) is 2.96. The Morgan fingerprint density at radius 2 is 1.59 bits per heavy atom. The number of methoxy groups -OCH3 is 2. The van der Waals surface area contributed by atoms with Crippen molar-refractivity contribution in [2.24, 2.45) is 0 Å². The first-order valence-corrected chi connectivity index (χ1v) is 11.1. The van der Waals surface area contributed by atoms with Crippen molar-refractivity contribution < 1.29 is 23.6 Å². The van der Waals surface area contributed by atoms with Crippen molar-refractivity contribution in [1.29, 1.82) is 0 Å². The third-order valence-corrected chi connectivity index (χ3v) is 6.91. The highest BCUT2D eigenvalue weighted by Gasteiger charge is 2.52. The Morgan fingerprint density at radius 3 is 2.16 bits per heavy atom. The number of fused-ring (bicyclic) bond motifs is 1. The number of hydrogen-bond acceptors (Lipinski definition) is 5. The maximum Gasteiger partial charge on any atom is 0.495 e. The van der Waals surface area contributed by atoms with Gasteiger partial charge in [0.25, 0.3) is 5.91 Å². The van der Waals surface area contributed by atoms with Gasteiger partial charge in [-0.3, -0.25) is 4.79 Å². The fraction of sp³-hybridized carbons (Fsp3) is 0.458. The van der Waals surface area contributed by atoms with E-state index in [0.29, 0.717) is 41.6 Å². The van der Waals surface area contributed by atoms with Gasteiger partial charge in [0, 0.05) is 29.7 Å². The van der Waals surface area contributed by atoms with Crippen LogP contribution in [0, 0.1) is 0 Å². The van der Waals surface area contributed by atoms with Crippen molar-refractivity contribution in [3.63, 3.8) is 0 Å². The molecule has 170 valence electrons. The number of hydrogen-bond donors (Lipinski definition) is 0. The van der Waals surface area contributed by atoms with Crippen molar-refractivity contribution in [2.45, 2.75) is 51.9 Å². The number of rotatable bonds is 5. The first kappa shape index (κ1) is 23.0. The summed E-state index contributed by atoms with van der Waals surface area (Å²) in [4.78, 5) is 15.2. The summed E-state index contributed by atoms with van der Waals surface area (Å²) in [7, 11) is 2.66. The van der Waals surface area contributed by atoms with Gasteiger partial charge in [0.15, 0.2) is 0 Å². The minimum Gasteiger partial charge on any atom is -0.497 e. The SMILES string of the molecule is COc1cc(CN2CCc3c(B4OC(C)(C)C(C)(C)O4)cc(Cl)cc3C2=O)cc(OC)c1. The van der Waals surface area contributed by atoms with Crippen LogP contribution in [0.1, 0.15) is 49.2 Å². The van der Waals surface area contributed by atoms with E-state index in [4.69, 9.17) is 30.4 Å². The molecular weight excluding hydrogens is 429 g/mol. The molecule has 0 bridgehead atoms. The molecule has 1 amide bonds. The molecule has 0 aliphatic carbocycles. The van der Waals surface area contributed by atoms with Crippen LogP contribution < -0.4 is 14.9 Å². The lowest BCUT2D eigenvalue weighted by molar-refractivity contribution is 0.00578. The highest BCUT2D eigenvalue weighted by atomic mass is 35.5. The van der Waals surface area contributed by atoms with E-state index in [1.807, 2.05) is 56.9 Å². The number of nitrogens with zero attached hydrogens (tertiary/aromatic N) is 1. The molecule has 2 heterocycles. The molecule has 32 heavy (non-hydrogen) atoms. The molecule has 0 aromatic heterocycles. The summed E-state index contributed by atoms with van der Waals surface area (Å²) in [6, 6.07) is 9.25. The maximum absolute atomic E-state index is 13.4. The van der Waals surface area contributed by atoms with Crippen LogP contribution in [0.4, 0.5) is 0 Å². The predicted octanol–water partition coefficient (Wildman–Crippen LogP) is 3.85. The quantitative estimate of drug-likeness (QED) is 0.638. The van der Waals surface area contributed by atoms with Crippen molar-refractivity contribution in [2.75, 3.05) is 20.8 Å². The highest BCUT2D eigenvalue weighted by molar-refractivity contribution is 6.63. The molecule has 0 radical (unpaired) electrons. The summed E-state index contributed by atoms with van der Waals surface area (Å²) in [5.41, 5.74) is 2.38. The molecule has 2 aromatic carbocycles. The van der Waals surface area contributed by atoms with Gasteiger partial charge in [-0.05, 0) is 75.0 Å². The van der Waals surface area contributed by atoms with E-state index in [1.165, 1.54) is 0 Å². The molecule has 0 spiro atoms. The lowest BCUT2D eigenvalue weighted by Gasteiger charge is -2.32. The number of halogens is 1. The lowest BCUT2D eigenvalue weighted by atomic mass is 9.73. The minimum absolute atomic E-state index is 0.0618. The molecule has 2 aliphatic heterocycles. The summed E-state index contributed by atoms with van der Waals surface area (Å²) in [6.07, 6.45) is 0.693. The van der Waals surface area contributed by atoms with Crippen LogP contribution >= 0.6 is 11.6 Å². The second kappa shape index (κ2) is 8.29. The Hall–Kier alpha value is -2.22. The van der Waals surface area contributed by atoms with Gasteiger partial charge in [-0.2, -0.15) is 0 Å². The van der Waals surface area contributed by atoms with Crippen LogP contribution in [0.15, 0.2) is 30.3 Å². The molecule has 0 N–H and O–H groups in total. The molecule has 8 heteroatoms. The second-order valence-electron chi connectivity index (χ2n) is 9.31. The van der Waals surface area contributed by atoms with E-state index in [1.54, 1.807) is 20.3 Å². The zero-order valence-electron chi connectivity index (χ0n) is 19.5. The van der Waals surface area contributed by atoms with E-state index in [0.717, 1.165) is 16.6 Å². The molecule has 1 saturated heterocycles. The Balaban J connectivity index is 1.63. The number of carbonyl (C=O) groups excluding carboxylic acids is 1. The van der Waals surface area contributed by atoms with Gasteiger partial charge in [0.2, 0.25) is 0 Å². The standard InChI is InChI=1S/C24H29BClNO5/c1-23(2)24(3,4)32-25(31-23)21-12-16(26)11-20-19(21)7-8-27(22(20)28)14-15-9-17(29-5)13-18(10-15)30-6/h9-13H,7-8,14H2,1-6H3. The molecular formula is C24H29BClNO5. The Morgan fingerprint density at radius 1 is 1.00 bits per heavy atom. The minimum atomic E-state index is -0.561. The van der Waals surface area contributed by atoms with Crippen molar-refractivity contribution >= 4 is 30.1 Å². The zero-order chi connectivity index (χ0) is 23.3. The molecule has 0 unspecified atom stereocenters. The molecule has 1 fully saturated rings. The molecule has 0 atom stereocenters. The van der Waals surface area contributed by atoms with E-state index in [2.05, 4.69) is 0 Å². The van der Waals surface area contributed by atoms with Crippen LogP contribution in [0.3, 0.4) is 0 Å². The Labute approximate surface area is 194 Å². The van der Waals surface area contributed by atoms with Crippen LogP contribution in [-0.2, 0) is 22.3 Å². The second-order valence-corrected chi connectivity index (χ2v) is 9.74. The topological polar surface area (TPSA) is 57.2 Å². The predicted molar refractivity (Wildman–Crippen MR) is 125 cm³/mol. The van der Waals surface area contributed by atoms with Crippen molar-refractivity contribution in [1.82, 2.24) is 4.90 Å². The highest BCUT2D eigenvalue weighted by Crippen LogP contribution is 2.37. The third-order valence-electron chi connectivity index (χ3n) is 6.69. The van der Waals surface area contributed by atoms with Crippen LogP contribution in [0.25, 0.3) is 0 Å². The first-order valence-electron chi connectivity index (χ1n) is 10.7. The largest absolute Gasteiger partial charge is 0.497 e. The van der Waals surface area contributed by atoms with E-state index >= 15 is 0 Å². The summed E-state index contributed by atoms with van der Waals surface area (Å²) in [5, 5.41) is 0.492. The van der Waals surface area contributed by atoms with Gasteiger partial charge in [0.1, 0.15) is 11.5 Å². The van der Waals surface area contributed by atoms with Gasteiger partial charge < -0.3 is 23.7 Å². The molecule has 4 rings (SSSR count). The van der Waals surface area contributed by atoms with E-state index < -0.39 is 18.3 Å². The summed E-state index contributed by atoms with van der Waals surface area (Å²) in [5.74, 6) is 1.32. The smallest absolute Gasteiger partial charge is 0.495 e. The molecule has 2 aliphatic rings. The molecule has 0 saturated carbocycles. The number of carbonyl (C=O) groups is 1. The Kier molecular flexibility index (Phi) is 5.95. The fourth-order valence-electron chi connectivity index (χ4n) is 4.16. The van der Waals surface area contributed by atoms with Gasteiger partial charge >= 0.3 is 7.12 Å². The van der Waals surface area contributed by atoms with Crippen LogP contribution in [-0.4, -0.2) is 49.9 Å². The summed E-state index contributed by atoms with van der Waals surface area (Å²) >= 11 is 6.44. The van der Waals surface area contributed by atoms with Crippen molar-refractivity contribution in [3.8, 4) is 11.5 Å². The third kappa shape index (κ3) is 4.09. The van der Waals surface area contributed by atoms with Gasteiger partial charge in [-0.15, -0.1) is 0 Å². The monoisotopic (exact) mass is 457 g/mol. The number of benzene rings is 2. The van der Waals surface area contributed by atoms with Crippen molar-refractivity contribution in [3.05, 3.63) is 52.0 Å². The Bertz CT molecular complexity index is 1020. The van der Waals surface area contributed by atoms with E-state index in [9.17, 15) is 4.79 Å². The average molecular weight is 458 g/mol. The normalized spacial score (nSPS) is 19.2. The van der Waals surface area contributed by atoms with E-state index in [-0.39, 0.29) is 5.91 Å². The van der Waals surface area contributed by atoms with Gasteiger partial charge in [0.05, 0.1) is 25.4 Å². The zero-order valence-corrected chi connectivity index (χ0v) is 20.2. The molecule has 6 nitrogen and oxygen atoms in total. The number of ether oxygens (including phenoxy) is 2. The van der Waals surface area contributed by atoms with Crippen LogP contribution in [0.5, 0.6) is 11.5 Å². The lowest BCUT2D eigenvalue weighted by Crippen LogP contribution is -2.44. The number of amides is 1. The van der Waals surface area contributed by atoms with Gasteiger partial charge in [-0.1, -0.05) is 11.6 Å². The maximum atomic E-state index is 13.4. The van der Waals surface area contributed by atoms with Gasteiger partial charge in [-0.25, -0.2) is 0 Å².